The molecular formula is C13H19BFNO3. The highest BCUT2D eigenvalue weighted by molar-refractivity contribution is 6.62. The summed E-state index contributed by atoms with van der Waals surface area (Å²) in [6.45, 7) is 9.95. The second kappa shape index (κ2) is 4.76. The first-order valence-corrected chi connectivity index (χ1v) is 6.41. The SMILES string of the molecule is CCOc1ncc(B2OC(C)(C)C(C)(C)O2)cc1F. The molecule has 1 aliphatic heterocycles. The third kappa shape index (κ3) is 2.60. The van der Waals surface area contributed by atoms with Crippen LogP contribution in [0.15, 0.2) is 12.3 Å². The molecule has 0 saturated carbocycles. The topological polar surface area (TPSA) is 40.6 Å². The van der Waals surface area contributed by atoms with Crippen molar-refractivity contribution in [2.45, 2.75) is 45.8 Å². The Labute approximate surface area is 113 Å². The molecule has 2 heterocycles. The van der Waals surface area contributed by atoms with Crippen molar-refractivity contribution in [2.24, 2.45) is 0 Å². The molecule has 0 amide bonds. The van der Waals surface area contributed by atoms with E-state index in [0.717, 1.165) is 0 Å². The largest absolute Gasteiger partial charge is 0.496 e. The van der Waals surface area contributed by atoms with Gasteiger partial charge in [-0.25, -0.2) is 9.37 Å². The second-order valence-electron chi connectivity index (χ2n) is 5.58. The minimum atomic E-state index is -0.609. The van der Waals surface area contributed by atoms with Crippen molar-refractivity contribution < 1.29 is 18.4 Å². The Bertz CT molecular complexity index is 463. The Morgan fingerprint density at radius 3 is 2.32 bits per heavy atom. The molecule has 0 N–H and O–H groups in total. The first-order chi connectivity index (χ1) is 8.77. The molecule has 6 heteroatoms. The molecule has 1 aromatic rings. The van der Waals surface area contributed by atoms with Crippen LogP contribution < -0.4 is 10.2 Å². The van der Waals surface area contributed by atoms with Gasteiger partial charge < -0.3 is 14.0 Å². The summed E-state index contributed by atoms with van der Waals surface area (Å²) < 4.78 is 30.5. The fourth-order valence-corrected chi connectivity index (χ4v) is 1.79. The maximum absolute atomic E-state index is 13.8. The van der Waals surface area contributed by atoms with Crippen LogP contribution in [0.25, 0.3) is 0 Å². The monoisotopic (exact) mass is 267 g/mol. The Kier molecular flexibility index (Phi) is 3.58. The van der Waals surface area contributed by atoms with Gasteiger partial charge in [-0.1, -0.05) is 0 Å². The van der Waals surface area contributed by atoms with E-state index in [1.807, 2.05) is 27.7 Å². The maximum Gasteiger partial charge on any atom is 0.496 e. The van der Waals surface area contributed by atoms with Gasteiger partial charge in [-0.3, -0.25) is 0 Å². The van der Waals surface area contributed by atoms with E-state index in [-0.39, 0.29) is 5.88 Å². The maximum atomic E-state index is 13.8. The van der Waals surface area contributed by atoms with Gasteiger partial charge in [0.25, 0.3) is 0 Å². The second-order valence-corrected chi connectivity index (χ2v) is 5.58. The molecule has 1 aromatic heterocycles. The highest BCUT2D eigenvalue weighted by Gasteiger charge is 2.51. The number of pyridine rings is 1. The molecule has 0 unspecified atom stereocenters. The molecule has 1 fully saturated rings. The fraction of sp³-hybridized carbons (Fsp3) is 0.615. The van der Waals surface area contributed by atoms with Crippen molar-refractivity contribution in [1.82, 2.24) is 4.98 Å². The number of nitrogens with zero attached hydrogens (tertiary/aromatic N) is 1. The van der Waals surface area contributed by atoms with E-state index in [1.54, 1.807) is 6.92 Å². The van der Waals surface area contributed by atoms with Gasteiger partial charge in [0, 0.05) is 11.7 Å². The van der Waals surface area contributed by atoms with Gasteiger partial charge in [0.15, 0.2) is 5.82 Å². The summed E-state index contributed by atoms with van der Waals surface area (Å²) in [4.78, 5) is 3.95. The van der Waals surface area contributed by atoms with Crippen LogP contribution in [-0.4, -0.2) is 29.9 Å². The first kappa shape index (κ1) is 14.3. The highest BCUT2D eigenvalue weighted by atomic mass is 19.1. The zero-order valence-corrected chi connectivity index (χ0v) is 12.0. The Morgan fingerprint density at radius 2 is 1.84 bits per heavy atom. The van der Waals surface area contributed by atoms with Crippen LogP contribution in [0, 0.1) is 5.82 Å². The Balaban J connectivity index is 2.23. The Hall–Kier alpha value is -1.14. The van der Waals surface area contributed by atoms with Crippen LogP contribution >= 0.6 is 0 Å². The smallest absolute Gasteiger partial charge is 0.476 e. The third-order valence-electron chi connectivity index (χ3n) is 3.64. The van der Waals surface area contributed by atoms with E-state index >= 15 is 0 Å². The van der Waals surface area contributed by atoms with Gasteiger partial charge in [0.05, 0.1) is 17.8 Å². The number of rotatable bonds is 3. The molecule has 0 radical (unpaired) electrons. The molecule has 104 valence electrons. The lowest BCUT2D eigenvalue weighted by Gasteiger charge is -2.32. The molecule has 1 aliphatic rings. The van der Waals surface area contributed by atoms with Crippen molar-refractivity contribution in [3.05, 3.63) is 18.1 Å². The van der Waals surface area contributed by atoms with Crippen molar-refractivity contribution >= 4 is 12.6 Å². The summed E-state index contributed by atoms with van der Waals surface area (Å²) in [6, 6.07) is 1.35. The zero-order valence-electron chi connectivity index (χ0n) is 12.0. The third-order valence-corrected chi connectivity index (χ3v) is 3.64. The van der Waals surface area contributed by atoms with Gasteiger partial charge in [-0.15, -0.1) is 0 Å². The minimum absolute atomic E-state index is 0.00256. The van der Waals surface area contributed by atoms with Gasteiger partial charge in [-0.2, -0.15) is 0 Å². The summed E-state index contributed by atoms with van der Waals surface area (Å²) >= 11 is 0. The predicted molar refractivity (Wildman–Crippen MR) is 71.1 cm³/mol. The van der Waals surface area contributed by atoms with E-state index in [4.69, 9.17) is 14.0 Å². The predicted octanol–water partition coefficient (Wildman–Crippen LogP) is 1.92. The molecule has 1 saturated heterocycles. The number of aromatic nitrogens is 1. The summed E-state index contributed by atoms with van der Waals surface area (Å²) in [6.07, 6.45) is 1.52. The van der Waals surface area contributed by atoms with E-state index in [2.05, 4.69) is 4.98 Å². The van der Waals surface area contributed by atoms with Gasteiger partial charge >= 0.3 is 7.12 Å². The molecule has 2 rings (SSSR count). The highest BCUT2D eigenvalue weighted by Crippen LogP contribution is 2.36. The van der Waals surface area contributed by atoms with Crippen LogP contribution in [-0.2, 0) is 9.31 Å². The van der Waals surface area contributed by atoms with Crippen molar-refractivity contribution in [3.8, 4) is 5.88 Å². The molecule has 0 spiro atoms. The summed E-state index contributed by atoms with van der Waals surface area (Å²) in [5.74, 6) is -0.503. The number of halogens is 1. The quantitative estimate of drug-likeness (QED) is 0.784. The molecule has 0 atom stereocenters. The molecule has 0 aliphatic carbocycles. The number of hydrogen-bond acceptors (Lipinski definition) is 4. The molecule has 0 aromatic carbocycles. The lowest BCUT2D eigenvalue weighted by atomic mass is 9.80. The van der Waals surface area contributed by atoms with E-state index in [9.17, 15) is 4.39 Å². The standard InChI is InChI=1S/C13H19BFNO3/c1-6-17-11-10(15)7-9(8-16-11)14-18-12(2,3)13(4,5)19-14/h7-8H,6H2,1-5H3. The molecule has 4 nitrogen and oxygen atoms in total. The van der Waals surface area contributed by atoms with Crippen molar-refractivity contribution in [3.63, 3.8) is 0 Å². The molecule has 0 bridgehead atoms. The molecule has 19 heavy (non-hydrogen) atoms. The van der Waals surface area contributed by atoms with Crippen molar-refractivity contribution in [1.29, 1.82) is 0 Å². The normalized spacial score (nSPS) is 20.6. The summed E-state index contributed by atoms with van der Waals surface area (Å²) in [5, 5.41) is 0. The zero-order chi connectivity index (χ0) is 14.3. The Morgan fingerprint density at radius 1 is 1.26 bits per heavy atom. The van der Waals surface area contributed by atoms with Gasteiger partial charge in [0.1, 0.15) is 0 Å². The van der Waals surface area contributed by atoms with Crippen LogP contribution in [0.2, 0.25) is 0 Å². The molecular weight excluding hydrogens is 248 g/mol. The van der Waals surface area contributed by atoms with E-state index < -0.39 is 24.1 Å². The van der Waals surface area contributed by atoms with Crippen LogP contribution in [0.4, 0.5) is 4.39 Å². The van der Waals surface area contributed by atoms with Crippen LogP contribution in [0.1, 0.15) is 34.6 Å². The van der Waals surface area contributed by atoms with E-state index in [0.29, 0.717) is 12.1 Å². The van der Waals surface area contributed by atoms with Crippen LogP contribution in [0.5, 0.6) is 5.88 Å². The minimum Gasteiger partial charge on any atom is -0.476 e. The summed E-state index contributed by atoms with van der Waals surface area (Å²) in [7, 11) is -0.609. The van der Waals surface area contributed by atoms with Gasteiger partial charge in [-0.05, 0) is 40.7 Å². The first-order valence-electron chi connectivity index (χ1n) is 6.41. The fourth-order valence-electron chi connectivity index (χ4n) is 1.79. The average Bonchev–Trinajstić information content (AvgIpc) is 2.51. The lowest BCUT2D eigenvalue weighted by molar-refractivity contribution is 0.00578. The number of ether oxygens (including phenoxy) is 1. The van der Waals surface area contributed by atoms with Crippen LogP contribution in [0.3, 0.4) is 0 Å². The van der Waals surface area contributed by atoms with Gasteiger partial charge in [0.2, 0.25) is 5.88 Å². The lowest BCUT2D eigenvalue weighted by Crippen LogP contribution is -2.41. The average molecular weight is 267 g/mol. The van der Waals surface area contributed by atoms with Crippen molar-refractivity contribution in [2.75, 3.05) is 6.61 Å². The number of hydrogen-bond donors (Lipinski definition) is 0. The summed E-state index contributed by atoms with van der Waals surface area (Å²) in [5.41, 5.74) is -0.348. The van der Waals surface area contributed by atoms with E-state index in [1.165, 1.54) is 12.3 Å².